The molecule has 0 saturated heterocycles. The van der Waals surface area contributed by atoms with E-state index in [0.29, 0.717) is 23.8 Å². The van der Waals surface area contributed by atoms with Crippen molar-refractivity contribution >= 4 is 32.9 Å². The van der Waals surface area contributed by atoms with E-state index in [1.807, 2.05) is 0 Å². The van der Waals surface area contributed by atoms with E-state index >= 15 is 0 Å². The van der Waals surface area contributed by atoms with Gasteiger partial charge in [0.1, 0.15) is 11.3 Å². The zero-order chi connectivity index (χ0) is 22.8. The molecule has 0 aliphatic heterocycles. The molecule has 0 aliphatic carbocycles. The number of anilines is 1. The van der Waals surface area contributed by atoms with Crippen LogP contribution in [0.1, 0.15) is 35.3 Å². The number of sulfonamides is 1. The van der Waals surface area contributed by atoms with Crippen molar-refractivity contribution in [1.29, 1.82) is 0 Å². The van der Waals surface area contributed by atoms with E-state index in [0.717, 1.165) is 9.87 Å². The first-order valence-corrected chi connectivity index (χ1v) is 11.2. The second-order valence-corrected chi connectivity index (χ2v) is 9.92. The smallest absolute Gasteiger partial charge is 0.237 e. The molecule has 9 heteroatoms. The van der Waals surface area contributed by atoms with Crippen LogP contribution < -0.4 is 9.62 Å². The number of hydrogen-bond acceptors (Lipinski definition) is 6. The van der Waals surface area contributed by atoms with Crippen molar-refractivity contribution in [2.45, 2.75) is 32.2 Å². The summed E-state index contributed by atoms with van der Waals surface area (Å²) in [7, 11) is -2.30. The van der Waals surface area contributed by atoms with E-state index in [1.165, 1.54) is 25.4 Å². The number of aldehydes is 1. The Morgan fingerprint density at radius 2 is 1.87 bits per heavy atom. The molecule has 164 valence electrons. The molecular formula is C22H24FN3O4S. The number of pyridine rings is 1. The zero-order valence-electron chi connectivity index (χ0n) is 17.5. The highest BCUT2D eigenvalue weighted by atomic mass is 32.2. The molecule has 31 heavy (non-hydrogen) atoms. The third-order valence-corrected chi connectivity index (χ3v) is 7.25. The highest BCUT2D eigenvalue weighted by molar-refractivity contribution is 7.93. The second-order valence-electron chi connectivity index (χ2n) is 7.40. The van der Waals surface area contributed by atoms with E-state index < -0.39 is 15.3 Å². The Morgan fingerprint density at radius 3 is 2.48 bits per heavy atom. The van der Waals surface area contributed by atoms with Gasteiger partial charge in [0.05, 0.1) is 16.5 Å². The molecule has 0 amide bonds. The summed E-state index contributed by atoms with van der Waals surface area (Å²) < 4.78 is 40.1. The minimum Gasteiger partial charge on any atom is -0.505 e. The number of phenolic OH excluding ortho intramolecular Hbond substituents is 1. The molecule has 1 heterocycles. The maximum atomic E-state index is 13.1. The molecule has 0 atom stereocenters. The van der Waals surface area contributed by atoms with Crippen LogP contribution in [0.25, 0.3) is 10.9 Å². The predicted octanol–water partition coefficient (Wildman–Crippen LogP) is 3.36. The average Bonchev–Trinajstić information content (AvgIpc) is 2.75. The van der Waals surface area contributed by atoms with Crippen molar-refractivity contribution in [3.8, 4) is 5.75 Å². The van der Waals surface area contributed by atoms with Gasteiger partial charge in [-0.1, -0.05) is 12.1 Å². The van der Waals surface area contributed by atoms with E-state index in [2.05, 4.69) is 10.3 Å². The second kappa shape index (κ2) is 8.99. The molecule has 0 saturated carbocycles. The third-order valence-electron chi connectivity index (χ3n) is 5.11. The first-order valence-electron chi connectivity index (χ1n) is 9.69. The number of phenols is 1. The Bertz CT molecular complexity index is 1210. The fourth-order valence-corrected chi connectivity index (χ4v) is 4.48. The number of aromatic nitrogens is 1. The zero-order valence-corrected chi connectivity index (χ0v) is 18.3. The SMILES string of the molecule is CC(C)S(=O)(=O)N(C)c1c(CNCc2ccc(F)cc2)c(C=O)c(O)c2ncccc12. The van der Waals surface area contributed by atoms with Crippen molar-refractivity contribution in [2.75, 3.05) is 11.4 Å². The van der Waals surface area contributed by atoms with Crippen molar-refractivity contribution in [1.82, 2.24) is 10.3 Å². The van der Waals surface area contributed by atoms with Gasteiger partial charge in [0.2, 0.25) is 10.0 Å². The number of hydrogen-bond donors (Lipinski definition) is 2. The van der Waals surface area contributed by atoms with E-state index in [9.17, 15) is 22.7 Å². The van der Waals surface area contributed by atoms with Crippen LogP contribution >= 0.6 is 0 Å². The summed E-state index contributed by atoms with van der Waals surface area (Å²) in [4.78, 5) is 16.0. The number of halogens is 1. The van der Waals surface area contributed by atoms with Gasteiger partial charge in [-0.3, -0.25) is 14.1 Å². The van der Waals surface area contributed by atoms with Gasteiger partial charge in [-0.05, 0) is 43.7 Å². The van der Waals surface area contributed by atoms with Gasteiger partial charge in [0.15, 0.2) is 12.0 Å². The van der Waals surface area contributed by atoms with Gasteiger partial charge in [0, 0.05) is 37.3 Å². The average molecular weight is 446 g/mol. The van der Waals surface area contributed by atoms with Crippen LogP contribution in [0.2, 0.25) is 0 Å². The van der Waals surface area contributed by atoms with Crippen LogP contribution in [-0.2, 0) is 23.1 Å². The fraction of sp³-hybridized carbons (Fsp3) is 0.273. The van der Waals surface area contributed by atoms with Crippen molar-refractivity contribution in [3.63, 3.8) is 0 Å². The largest absolute Gasteiger partial charge is 0.505 e. The molecule has 0 bridgehead atoms. The van der Waals surface area contributed by atoms with Gasteiger partial charge in [-0.15, -0.1) is 0 Å². The van der Waals surface area contributed by atoms with Crippen molar-refractivity contribution in [3.05, 3.63) is 65.1 Å². The summed E-state index contributed by atoms with van der Waals surface area (Å²) in [6, 6.07) is 9.23. The van der Waals surface area contributed by atoms with Crippen LogP contribution in [0.4, 0.5) is 10.1 Å². The Hall–Kier alpha value is -3.04. The highest BCUT2D eigenvalue weighted by Crippen LogP contribution is 2.40. The standard InChI is InChI=1S/C22H24FN3O4S/c1-14(2)31(29,30)26(3)21-17-5-4-10-25-20(17)22(28)19(13-27)18(21)12-24-11-15-6-8-16(23)9-7-15/h4-10,13-14,24,28H,11-12H2,1-3H3. The molecule has 0 radical (unpaired) electrons. The summed E-state index contributed by atoms with van der Waals surface area (Å²) in [5, 5.41) is 13.5. The molecule has 2 N–H and O–H groups in total. The number of carbonyl (C=O) groups excluding carboxylic acids is 1. The van der Waals surface area contributed by atoms with Gasteiger partial charge < -0.3 is 10.4 Å². The predicted molar refractivity (Wildman–Crippen MR) is 118 cm³/mol. The third kappa shape index (κ3) is 4.38. The van der Waals surface area contributed by atoms with E-state index in [-0.39, 0.29) is 34.9 Å². The van der Waals surface area contributed by atoms with Crippen LogP contribution in [0.5, 0.6) is 5.75 Å². The lowest BCUT2D eigenvalue weighted by atomic mass is 9.99. The number of rotatable bonds is 8. The minimum atomic E-state index is -3.73. The van der Waals surface area contributed by atoms with Gasteiger partial charge in [-0.2, -0.15) is 0 Å². The molecule has 1 aromatic heterocycles. The van der Waals surface area contributed by atoms with Crippen LogP contribution in [0, 0.1) is 5.82 Å². The first-order chi connectivity index (χ1) is 14.7. The Morgan fingerprint density at radius 1 is 1.19 bits per heavy atom. The summed E-state index contributed by atoms with van der Waals surface area (Å²) in [6.45, 7) is 3.58. The van der Waals surface area contributed by atoms with Crippen molar-refractivity contribution in [2.24, 2.45) is 0 Å². The molecule has 3 aromatic rings. The molecule has 3 rings (SSSR count). The maximum absolute atomic E-state index is 13.1. The summed E-state index contributed by atoms with van der Waals surface area (Å²) >= 11 is 0. The number of fused-ring (bicyclic) bond motifs is 1. The normalized spacial score (nSPS) is 11.8. The number of nitrogens with zero attached hydrogens (tertiary/aromatic N) is 2. The summed E-state index contributed by atoms with van der Waals surface area (Å²) in [5.41, 5.74) is 1.54. The van der Waals surface area contributed by atoms with Gasteiger partial charge in [0.25, 0.3) is 0 Å². The molecule has 7 nitrogen and oxygen atoms in total. The van der Waals surface area contributed by atoms with Crippen LogP contribution in [0.15, 0.2) is 42.6 Å². The minimum absolute atomic E-state index is 0.0291. The van der Waals surface area contributed by atoms with Crippen LogP contribution in [-0.4, -0.2) is 37.1 Å². The number of aromatic hydroxyl groups is 1. The van der Waals surface area contributed by atoms with Gasteiger partial charge >= 0.3 is 0 Å². The van der Waals surface area contributed by atoms with Crippen LogP contribution in [0.3, 0.4) is 0 Å². The summed E-state index contributed by atoms with van der Waals surface area (Å²) in [5.74, 6) is -0.648. The quantitative estimate of drug-likeness (QED) is 0.516. The maximum Gasteiger partial charge on any atom is 0.237 e. The van der Waals surface area contributed by atoms with E-state index in [4.69, 9.17) is 0 Å². The molecule has 0 aliphatic rings. The lowest BCUT2D eigenvalue weighted by Gasteiger charge is -2.27. The molecule has 0 fully saturated rings. The molecule has 0 unspecified atom stereocenters. The first kappa shape index (κ1) is 22.6. The molecular weight excluding hydrogens is 421 g/mol. The van der Waals surface area contributed by atoms with E-state index in [1.54, 1.807) is 38.1 Å². The lowest BCUT2D eigenvalue weighted by Crippen LogP contribution is -2.34. The Kier molecular flexibility index (Phi) is 6.56. The Labute approximate surface area is 180 Å². The number of carbonyl (C=O) groups is 1. The summed E-state index contributed by atoms with van der Waals surface area (Å²) in [6.07, 6.45) is 1.96. The van der Waals surface area contributed by atoms with Crippen molar-refractivity contribution < 1.29 is 22.7 Å². The number of benzene rings is 2. The molecule has 2 aromatic carbocycles. The lowest BCUT2D eigenvalue weighted by molar-refractivity contribution is 0.112. The highest BCUT2D eigenvalue weighted by Gasteiger charge is 2.29. The monoisotopic (exact) mass is 445 g/mol. The fourth-order valence-electron chi connectivity index (χ4n) is 3.39. The number of nitrogens with one attached hydrogen (secondary N) is 1. The topological polar surface area (TPSA) is 99.6 Å². The molecule has 0 spiro atoms. The Balaban J connectivity index is 2.13. The van der Waals surface area contributed by atoms with Gasteiger partial charge in [-0.25, -0.2) is 12.8 Å².